The summed E-state index contributed by atoms with van der Waals surface area (Å²) in [6.45, 7) is 3.97. The molecule has 0 heterocycles. The minimum Gasteiger partial charge on any atom is -0.497 e. The van der Waals surface area contributed by atoms with Crippen molar-refractivity contribution in [1.29, 1.82) is 0 Å². The SMILES string of the molecule is COc1cccc(/C=C/C(=O)N(C)C(C)C)c1. The Hall–Kier alpha value is -1.77. The minimum atomic E-state index is 0.00261. The predicted molar refractivity (Wildman–Crippen MR) is 69.9 cm³/mol. The van der Waals surface area contributed by atoms with Gasteiger partial charge in [-0.15, -0.1) is 0 Å². The van der Waals surface area contributed by atoms with Crippen LogP contribution in [0.2, 0.25) is 0 Å². The Labute approximate surface area is 103 Å². The molecule has 17 heavy (non-hydrogen) atoms. The lowest BCUT2D eigenvalue weighted by molar-refractivity contribution is -0.126. The van der Waals surface area contributed by atoms with Crippen molar-refractivity contribution < 1.29 is 9.53 Å². The van der Waals surface area contributed by atoms with Gasteiger partial charge in [-0.25, -0.2) is 0 Å². The smallest absolute Gasteiger partial charge is 0.246 e. The second-order valence-corrected chi connectivity index (χ2v) is 4.15. The van der Waals surface area contributed by atoms with Crippen LogP contribution in [0.1, 0.15) is 19.4 Å². The number of likely N-dealkylation sites (N-methyl/N-ethyl adjacent to an activating group) is 1. The zero-order valence-corrected chi connectivity index (χ0v) is 10.8. The zero-order valence-electron chi connectivity index (χ0n) is 10.8. The monoisotopic (exact) mass is 233 g/mol. The quantitative estimate of drug-likeness (QED) is 0.748. The number of methoxy groups -OCH3 is 1. The number of hydrogen-bond acceptors (Lipinski definition) is 2. The van der Waals surface area contributed by atoms with Crippen molar-refractivity contribution in [2.75, 3.05) is 14.2 Å². The predicted octanol–water partition coefficient (Wildman–Crippen LogP) is 2.58. The Morgan fingerprint density at radius 1 is 1.41 bits per heavy atom. The largest absolute Gasteiger partial charge is 0.497 e. The summed E-state index contributed by atoms with van der Waals surface area (Å²) in [6, 6.07) is 7.80. The highest BCUT2D eigenvalue weighted by atomic mass is 16.5. The van der Waals surface area contributed by atoms with Crippen molar-refractivity contribution in [3.63, 3.8) is 0 Å². The highest BCUT2D eigenvalue weighted by Crippen LogP contribution is 2.13. The molecule has 92 valence electrons. The van der Waals surface area contributed by atoms with Crippen LogP contribution in [0.15, 0.2) is 30.3 Å². The molecule has 1 amide bonds. The Morgan fingerprint density at radius 3 is 2.71 bits per heavy atom. The molecular formula is C14H19NO2. The molecule has 0 aromatic heterocycles. The van der Waals surface area contributed by atoms with Crippen LogP contribution < -0.4 is 4.74 Å². The first-order valence-corrected chi connectivity index (χ1v) is 5.63. The fraction of sp³-hybridized carbons (Fsp3) is 0.357. The van der Waals surface area contributed by atoms with Crippen molar-refractivity contribution in [2.24, 2.45) is 0 Å². The van der Waals surface area contributed by atoms with Crippen LogP contribution in [0.5, 0.6) is 5.75 Å². The van der Waals surface area contributed by atoms with Crippen LogP contribution in [-0.2, 0) is 4.79 Å². The van der Waals surface area contributed by atoms with E-state index in [9.17, 15) is 4.79 Å². The summed E-state index contributed by atoms with van der Waals surface area (Å²) in [5.74, 6) is 0.791. The van der Waals surface area contributed by atoms with Crippen molar-refractivity contribution in [3.05, 3.63) is 35.9 Å². The maximum Gasteiger partial charge on any atom is 0.246 e. The molecular weight excluding hydrogens is 214 g/mol. The number of carbonyl (C=O) groups excluding carboxylic acids is 1. The van der Waals surface area contributed by atoms with E-state index in [1.165, 1.54) is 0 Å². The molecule has 0 aliphatic rings. The van der Waals surface area contributed by atoms with Crippen molar-refractivity contribution in [3.8, 4) is 5.75 Å². The zero-order chi connectivity index (χ0) is 12.8. The summed E-state index contributed by atoms with van der Waals surface area (Å²) in [5, 5.41) is 0. The molecule has 0 unspecified atom stereocenters. The molecule has 1 aromatic rings. The van der Waals surface area contributed by atoms with E-state index in [-0.39, 0.29) is 11.9 Å². The topological polar surface area (TPSA) is 29.5 Å². The summed E-state index contributed by atoms with van der Waals surface area (Å²) >= 11 is 0. The van der Waals surface area contributed by atoms with Crippen LogP contribution >= 0.6 is 0 Å². The molecule has 1 aromatic carbocycles. The number of nitrogens with zero attached hydrogens (tertiary/aromatic N) is 1. The molecule has 0 fully saturated rings. The highest BCUT2D eigenvalue weighted by molar-refractivity contribution is 5.91. The van der Waals surface area contributed by atoms with Crippen LogP contribution in [0.4, 0.5) is 0 Å². The number of rotatable bonds is 4. The molecule has 1 rings (SSSR count). The lowest BCUT2D eigenvalue weighted by atomic mass is 10.2. The number of amides is 1. The fourth-order valence-electron chi connectivity index (χ4n) is 1.28. The number of carbonyl (C=O) groups is 1. The van der Waals surface area contributed by atoms with Crippen LogP contribution in [0, 0.1) is 0 Å². The Kier molecular flexibility index (Phi) is 4.76. The molecule has 0 N–H and O–H groups in total. The maximum absolute atomic E-state index is 11.7. The Bertz CT molecular complexity index is 410. The first-order chi connectivity index (χ1) is 8.04. The van der Waals surface area contributed by atoms with Crippen LogP contribution in [-0.4, -0.2) is 31.0 Å². The fourth-order valence-corrected chi connectivity index (χ4v) is 1.28. The van der Waals surface area contributed by atoms with Crippen molar-refractivity contribution in [1.82, 2.24) is 4.90 Å². The Balaban J connectivity index is 2.73. The first kappa shape index (κ1) is 13.3. The van der Waals surface area contributed by atoms with E-state index in [4.69, 9.17) is 4.74 Å². The summed E-state index contributed by atoms with van der Waals surface area (Å²) in [4.78, 5) is 13.4. The molecule has 0 atom stereocenters. The molecule has 0 aliphatic heterocycles. The van der Waals surface area contributed by atoms with Gasteiger partial charge in [0.1, 0.15) is 5.75 Å². The summed E-state index contributed by atoms with van der Waals surface area (Å²) in [6.07, 6.45) is 3.37. The van der Waals surface area contributed by atoms with Crippen LogP contribution in [0.3, 0.4) is 0 Å². The van der Waals surface area contributed by atoms with E-state index in [0.29, 0.717) is 0 Å². The van der Waals surface area contributed by atoms with E-state index in [0.717, 1.165) is 11.3 Å². The van der Waals surface area contributed by atoms with Gasteiger partial charge >= 0.3 is 0 Å². The second-order valence-electron chi connectivity index (χ2n) is 4.15. The molecule has 3 nitrogen and oxygen atoms in total. The average Bonchev–Trinajstić information content (AvgIpc) is 2.35. The van der Waals surface area contributed by atoms with Crippen molar-refractivity contribution >= 4 is 12.0 Å². The van der Waals surface area contributed by atoms with Gasteiger partial charge in [-0.2, -0.15) is 0 Å². The molecule has 0 saturated carbocycles. The minimum absolute atomic E-state index is 0.00261. The van der Waals surface area contributed by atoms with Gasteiger partial charge in [-0.3, -0.25) is 4.79 Å². The Morgan fingerprint density at radius 2 is 2.12 bits per heavy atom. The van der Waals surface area contributed by atoms with Gasteiger partial charge in [0.25, 0.3) is 0 Å². The van der Waals surface area contributed by atoms with E-state index in [2.05, 4.69) is 0 Å². The lowest BCUT2D eigenvalue weighted by Gasteiger charge is -2.19. The van der Waals surface area contributed by atoms with Gasteiger partial charge in [-0.1, -0.05) is 12.1 Å². The summed E-state index contributed by atoms with van der Waals surface area (Å²) in [7, 11) is 3.42. The van der Waals surface area contributed by atoms with Gasteiger partial charge in [0.05, 0.1) is 7.11 Å². The first-order valence-electron chi connectivity index (χ1n) is 5.63. The van der Waals surface area contributed by atoms with Crippen molar-refractivity contribution in [2.45, 2.75) is 19.9 Å². The number of ether oxygens (including phenoxy) is 1. The molecule has 0 saturated heterocycles. The summed E-state index contributed by atoms with van der Waals surface area (Å²) < 4.78 is 5.12. The van der Waals surface area contributed by atoms with E-state index in [1.54, 1.807) is 31.2 Å². The van der Waals surface area contributed by atoms with E-state index >= 15 is 0 Å². The van der Waals surface area contributed by atoms with Gasteiger partial charge in [-0.05, 0) is 37.6 Å². The third-order valence-corrected chi connectivity index (χ3v) is 2.63. The highest BCUT2D eigenvalue weighted by Gasteiger charge is 2.07. The molecule has 0 aliphatic carbocycles. The third kappa shape index (κ3) is 3.94. The van der Waals surface area contributed by atoms with Crippen LogP contribution in [0.25, 0.3) is 6.08 Å². The second kappa shape index (κ2) is 6.09. The maximum atomic E-state index is 11.7. The van der Waals surface area contributed by atoms with E-state index in [1.807, 2.05) is 38.1 Å². The third-order valence-electron chi connectivity index (χ3n) is 2.63. The summed E-state index contributed by atoms with van der Waals surface area (Å²) in [5.41, 5.74) is 0.954. The molecule has 3 heteroatoms. The number of hydrogen-bond donors (Lipinski definition) is 0. The molecule has 0 radical (unpaired) electrons. The lowest BCUT2D eigenvalue weighted by Crippen LogP contribution is -2.31. The normalized spacial score (nSPS) is 10.9. The van der Waals surface area contributed by atoms with Gasteiger partial charge in [0.2, 0.25) is 5.91 Å². The van der Waals surface area contributed by atoms with Gasteiger partial charge in [0, 0.05) is 19.2 Å². The molecule has 0 bridgehead atoms. The standard InChI is InChI=1S/C14H19NO2/c1-11(2)15(3)14(16)9-8-12-6-5-7-13(10-12)17-4/h5-11H,1-4H3/b9-8+. The van der Waals surface area contributed by atoms with Gasteiger partial charge < -0.3 is 9.64 Å². The molecule has 0 spiro atoms. The van der Waals surface area contributed by atoms with E-state index < -0.39 is 0 Å². The average molecular weight is 233 g/mol. The number of benzene rings is 1. The van der Waals surface area contributed by atoms with Gasteiger partial charge in [0.15, 0.2) is 0 Å².